The van der Waals surface area contributed by atoms with E-state index in [1.807, 2.05) is 6.92 Å². The molecule has 6 nitrogen and oxygen atoms in total. The topological polar surface area (TPSA) is 86.3 Å². The van der Waals surface area contributed by atoms with Gasteiger partial charge in [0, 0.05) is 18.8 Å². The van der Waals surface area contributed by atoms with Crippen LogP contribution in [0, 0.1) is 0 Å². The summed E-state index contributed by atoms with van der Waals surface area (Å²) in [6.07, 6.45) is 1.60. The summed E-state index contributed by atoms with van der Waals surface area (Å²) in [5.74, 6) is -0.0146. The van der Waals surface area contributed by atoms with Gasteiger partial charge in [0.2, 0.25) is 0 Å². The fourth-order valence-corrected chi connectivity index (χ4v) is 2.01. The van der Waals surface area contributed by atoms with E-state index >= 15 is 0 Å². The maximum Gasteiger partial charge on any atom is 0.259 e. The first kappa shape index (κ1) is 14.6. The van der Waals surface area contributed by atoms with E-state index in [1.54, 1.807) is 30.5 Å². The molecule has 2 aromatic rings. The Morgan fingerprint density at radius 2 is 2.10 bits per heavy atom. The van der Waals surface area contributed by atoms with Crippen molar-refractivity contribution in [2.75, 3.05) is 18.2 Å². The molecule has 3 N–H and O–H groups in total. The smallest absolute Gasteiger partial charge is 0.259 e. The van der Waals surface area contributed by atoms with Crippen LogP contribution in [-0.2, 0) is 6.54 Å². The Bertz CT molecular complexity index is 722. The summed E-state index contributed by atoms with van der Waals surface area (Å²) in [7, 11) is 1.46. The van der Waals surface area contributed by atoms with Crippen molar-refractivity contribution in [1.82, 2.24) is 4.57 Å². The van der Waals surface area contributed by atoms with Crippen molar-refractivity contribution in [2.24, 2.45) is 0 Å². The van der Waals surface area contributed by atoms with Crippen molar-refractivity contribution in [2.45, 2.75) is 13.5 Å². The van der Waals surface area contributed by atoms with Crippen LogP contribution in [0.1, 0.15) is 17.3 Å². The fraction of sp³-hybridized carbons (Fsp3) is 0.200. The molecular formula is C15H17N3O3. The lowest BCUT2D eigenvalue weighted by atomic mass is 10.1. The number of aromatic nitrogens is 1. The van der Waals surface area contributed by atoms with Gasteiger partial charge in [-0.2, -0.15) is 0 Å². The highest BCUT2D eigenvalue weighted by atomic mass is 16.5. The van der Waals surface area contributed by atoms with E-state index in [4.69, 9.17) is 10.5 Å². The third-order valence-corrected chi connectivity index (χ3v) is 3.08. The molecule has 0 spiro atoms. The highest BCUT2D eigenvalue weighted by molar-refractivity contribution is 6.07. The molecule has 0 aliphatic carbocycles. The van der Waals surface area contributed by atoms with Crippen LogP contribution in [0.3, 0.4) is 0 Å². The van der Waals surface area contributed by atoms with Gasteiger partial charge in [-0.05, 0) is 25.1 Å². The Morgan fingerprint density at radius 1 is 1.33 bits per heavy atom. The monoisotopic (exact) mass is 287 g/mol. The number of benzene rings is 1. The Balaban J connectivity index is 2.30. The van der Waals surface area contributed by atoms with Gasteiger partial charge in [0.15, 0.2) is 5.75 Å². The van der Waals surface area contributed by atoms with Gasteiger partial charge in [-0.15, -0.1) is 0 Å². The summed E-state index contributed by atoms with van der Waals surface area (Å²) < 4.78 is 6.66. The van der Waals surface area contributed by atoms with E-state index < -0.39 is 0 Å². The Hall–Kier alpha value is -2.76. The number of hydrogen-bond acceptors (Lipinski definition) is 4. The van der Waals surface area contributed by atoms with Crippen molar-refractivity contribution < 1.29 is 9.53 Å². The van der Waals surface area contributed by atoms with Gasteiger partial charge in [0.1, 0.15) is 0 Å². The van der Waals surface area contributed by atoms with Crippen molar-refractivity contribution in [3.8, 4) is 5.75 Å². The number of hydrogen-bond donors (Lipinski definition) is 2. The summed E-state index contributed by atoms with van der Waals surface area (Å²) in [6, 6.07) is 7.94. The number of rotatable bonds is 4. The lowest BCUT2D eigenvalue weighted by molar-refractivity contribution is 0.102. The highest BCUT2D eigenvalue weighted by Gasteiger charge is 2.14. The lowest BCUT2D eigenvalue weighted by Crippen LogP contribution is -2.20. The van der Waals surface area contributed by atoms with Gasteiger partial charge in [-0.1, -0.05) is 6.07 Å². The quantitative estimate of drug-likeness (QED) is 0.838. The molecule has 6 heteroatoms. The van der Waals surface area contributed by atoms with Crippen molar-refractivity contribution >= 4 is 17.3 Å². The van der Waals surface area contributed by atoms with Crippen LogP contribution in [0.2, 0.25) is 0 Å². The third kappa shape index (κ3) is 3.05. The van der Waals surface area contributed by atoms with Gasteiger partial charge >= 0.3 is 0 Å². The molecule has 2 rings (SSSR count). The molecule has 0 radical (unpaired) electrons. The zero-order valence-electron chi connectivity index (χ0n) is 11.9. The van der Waals surface area contributed by atoms with Crippen molar-refractivity contribution in [3.63, 3.8) is 0 Å². The molecule has 0 saturated carbocycles. The predicted molar refractivity (Wildman–Crippen MR) is 81.7 cm³/mol. The minimum atomic E-state index is -0.347. The molecule has 0 saturated heterocycles. The molecule has 0 bridgehead atoms. The van der Waals surface area contributed by atoms with E-state index in [1.165, 1.54) is 17.7 Å². The average molecular weight is 287 g/mol. The van der Waals surface area contributed by atoms with Crippen LogP contribution in [-0.4, -0.2) is 17.6 Å². The van der Waals surface area contributed by atoms with E-state index in [9.17, 15) is 9.59 Å². The van der Waals surface area contributed by atoms with Gasteiger partial charge in [0.05, 0.1) is 24.0 Å². The largest absolute Gasteiger partial charge is 0.494 e. The number of para-hydroxylation sites is 1. The minimum absolute atomic E-state index is 0.114. The molecule has 1 amide bonds. The van der Waals surface area contributed by atoms with Gasteiger partial charge < -0.3 is 20.4 Å². The van der Waals surface area contributed by atoms with E-state index in [0.717, 1.165) is 0 Å². The average Bonchev–Trinajstić information content (AvgIpc) is 2.48. The minimum Gasteiger partial charge on any atom is -0.494 e. The second kappa shape index (κ2) is 6.13. The summed E-state index contributed by atoms with van der Waals surface area (Å²) >= 11 is 0. The third-order valence-electron chi connectivity index (χ3n) is 3.08. The second-order valence-corrected chi connectivity index (χ2v) is 4.42. The molecule has 110 valence electrons. The molecular weight excluding hydrogens is 270 g/mol. The van der Waals surface area contributed by atoms with Crippen molar-refractivity contribution in [1.29, 1.82) is 0 Å². The maximum atomic E-state index is 12.3. The fourth-order valence-electron chi connectivity index (χ4n) is 2.01. The zero-order chi connectivity index (χ0) is 15.4. The van der Waals surface area contributed by atoms with Crippen LogP contribution >= 0.6 is 0 Å². The van der Waals surface area contributed by atoms with Gasteiger partial charge in [-0.3, -0.25) is 9.59 Å². The van der Waals surface area contributed by atoms with Crippen LogP contribution in [0.4, 0.5) is 11.4 Å². The number of nitrogens with two attached hydrogens (primary N) is 1. The number of carbonyl (C=O) groups excluding carboxylic acids is 1. The standard InChI is InChI=1S/C15H17N3O3/c1-3-18-9-10(7-8-13(18)19)17-15(20)11-5-4-6-12(16)14(11)21-2/h4-9H,3,16H2,1-2H3,(H,17,20). The first-order chi connectivity index (χ1) is 10.1. The molecule has 0 aliphatic rings. The molecule has 21 heavy (non-hydrogen) atoms. The number of ether oxygens (including phenoxy) is 1. The first-order valence-corrected chi connectivity index (χ1v) is 6.51. The van der Waals surface area contributed by atoms with Gasteiger partial charge in [-0.25, -0.2) is 0 Å². The van der Waals surface area contributed by atoms with Crippen LogP contribution in [0.25, 0.3) is 0 Å². The molecule has 0 aliphatic heterocycles. The van der Waals surface area contributed by atoms with Crippen LogP contribution < -0.4 is 21.3 Å². The SMILES string of the molecule is CCn1cc(NC(=O)c2cccc(N)c2OC)ccc1=O. The molecule has 1 aromatic carbocycles. The number of anilines is 2. The number of nitrogens with zero attached hydrogens (tertiary/aromatic N) is 1. The maximum absolute atomic E-state index is 12.3. The number of amides is 1. The molecule has 0 unspecified atom stereocenters. The number of nitrogens with one attached hydrogen (secondary N) is 1. The van der Waals surface area contributed by atoms with Crippen LogP contribution in [0.5, 0.6) is 5.75 Å². The number of aryl methyl sites for hydroxylation is 1. The summed E-state index contributed by atoms with van der Waals surface area (Å²) in [6.45, 7) is 2.39. The predicted octanol–water partition coefficient (Wildman–Crippen LogP) is 1.71. The number of pyridine rings is 1. The second-order valence-electron chi connectivity index (χ2n) is 4.42. The number of carbonyl (C=O) groups is 1. The normalized spacial score (nSPS) is 10.2. The Morgan fingerprint density at radius 3 is 2.76 bits per heavy atom. The number of methoxy groups -OCH3 is 1. The lowest BCUT2D eigenvalue weighted by Gasteiger charge is -2.12. The summed E-state index contributed by atoms with van der Waals surface area (Å²) in [4.78, 5) is 23.8. The van der Waals surface area contributed by atoms with Crippen LogP contribution in [0.15, 0.2) is 41.3 Å². The molecule has 0 atom stereocenters. The Kier molecular flexibility index (Phi) is 4.27. The first-order valence-electron chi connectivity index (χ1n) is 6.51. The summed E-state index contributed by atoms with van der Waals surface area (Å²) in [5.41, 5.74) is 6.93. The zero-order valence-corrected chi connectivity index (χ0v) is 11.9. The van der Waals surface area contributed by atoms with E-state index in [0.29, 0.717) is 29.2 Å². The summed E-state index contributed by atoms with van der Waals surface area (Å²) in [5, 5.41) is 2.73. The molecule has 1 aromatic heterocycles. The van der Waals surface area contributed by atoms with E-state index in [2.05, 4.69) is 5.32 Å². The molecule has 0 fully saturated rings. The van der Waals surface area contributed by atoms with Crippen molar-refractivity contribution in [3.05, 3.63) is 52.4 Å². The Labute approximate surface area is 122 Å². The highest BCUT2D eigenvalue weighted by Crippen LogP contribution is 2.26. The van der Waals surface area contributed by atoms with E-state index in [-0.39, 0.29) is 11.5 Å². The molecule has 1 heterocycles. The number of nitrogen functional groups attached to an aromatic ring is 1. The van der Waals surface area contributed by atoms with Gasteiger partial charge in [0.25, 0.3) is 11.5 Å².